The number of nitrogens with two attached hydrogens (primary N) is 1. The zero-order valence-corrected chi connectivity index (χ0v) is 9.63. The lowest BCUT2D eigenvalue weighted by Gasteiger charge is -2.42. The predicted octanol–water partition coefficient (Wildman–Crippen LogP) is 1.99. The van der Waals surface area contributed by atoms with Crippen LogP contribution in [0.25, 0.3) is 0 Å². The topological polar surface area (TPSA) is 29.3 Å². The van der Waals surface area contributed by atoms with Crippen LogP contribution in [-0.2, 0) is 0 Å². The first-order valence-electron chi connectivity index (χ1n) is 6.19. The molecule has 0 radical (unpaired) electrons. The van der Waals surface area contributed by atoms with Crippen molar-refractivity contribution in [1.82, 2.24) is 4.90 Å². The van der Waals surface area contributed by atoms with E-state index in [1.165, 1.54) is 38.6 Å². The van der Waals surface area contributed by atoms with E-state index in [-0.39, 0.29) is 0 Å². The Morgan fingerprint density at radius 1 is 1.36 bits per heavy atom. The summed E-state index contributed by atoms with van der Waals surface area (Å²) in [5, 5.41) is 0. The van der Waals surface area contributed by atoms with Crippen LogP contribution in [0.3, 0.4) is 0 Å². The molecule has 0 aromatic heterocycles. The van der Waals surface area contributed by atoms with Crippen LogP contribution in [0.1, 0.15) is 46.0 Å². The van der Waals surface area contributed by atoms with Crippen LogP contribution in [0.15, 0.2) is 0 Å². The Bertz CT molecular complexity index is 200. The highest BCUT2D eigenvalue weighted by Crippen LogP contribution is 2.45. The highest BCUT2D eigenvalue weighted by molar-refractivity contribution is 5.03. The molecule has 0 spiro atoms. The van der Waals surface area contributed by atoms with E-state index in [0.29, 0.717) is 5.54 Å². The van der Waals surface area contributed by atoms with E-state index >= 15 is 0 Å². The van der Waals surface area contributed by atoms with Gasteiger partial charge in [0.25, 0.3) is 0 Å². The molecule has 2 unspecified atom stereocenters. The molecule has 1 aliphatic carbocycles. The molecule has 0 amide bonds. The van der Waals surface area contributed by atoms with Gasteiger partial charge in [-0.25, -0.2) is 0 Å². The fourth-order valence-corrected chi connectivity index (χ4v) is 3.16. The number of likely N-dealkylation sites (tertiary alicyclic amines) is 1. The zero-order chi connectivity index (χ0) is 10.2. The maximum Gasteiger partial charge on any atom is 0.0334 e. The van der Waals surface area contributed by atoms with Gasteiger partial charge in [0.05, 0.1) is 0 Å². The quantitative estimate of drug-likeness (QED) is 0.745. The molecule has 2 atom stereocenters. The Labute approximate surface area is 87.8 Å². The summed E-state index contributed by atoms with van der Waals surface area (Å²) in [6.07, 6.45) is 6.86. The van der Waals surface area contributed by atoms with E-state index in [2.05, 4.69) is 18.7 Å². The normalized spacial score (nSPS) is 33.2. The minimum atomic E-state index is 0.317. The van der Waals surface area contributed by atoms with Crippen LogP contribution in [-0.4, -0.2) is 29.6 Å². The maximum atomic E-state index is 6.00. The van der Waals surface area contributed by atoms with E-state index in [9.17, 15) is 0 Å². The minimum absolute atomic E-state index is 0.317. The Balaban J connectivity index is 2.09. The third-order valence-electron chi connectivity index (χ3n) is 4.37. The van der Waals surface area contributed by atoms with Gasteiger partial charge in [-0.05, 0) is 51.5 Å². The molecule has 2 nitrogen and oxygen atoms in total. The summed E-state index contributed by atoms with van der Waals surface area (Å²) in [6, 6.07) is 0.809. The third-order valence-corrected chi connectivity index (χ3v) is 4.37. The van der Waals surface area contributed by atoms with E-state index in [1.54, 1.807) is 0 Å². The van der Waals surface area contributed by atoms with Gasteiger partial charge in [0.2, 0.25) is 0 Å². The van der Waals surface area contributed by atoms with E-state index in [4.69, 9.17) is 5.73 Å². The van der Waals surface area contributed by atoms with Gasteiger partial charge in [-0.2, -0.15) is 0 Å². The summed E-state index contributed by atoms with van der Waals surface area (Å²) in [4.78, 5) is 2.71. The molecule has 0 aromatic carbocycles. The molecule has 2 rings (SSSR count). The van der Waals surface area contributed by atoms with Crippen molar-refractivity contribution in [3.63, 3.8) is 0 Å². The Hall–Kier alpha value is -0.0800. The standard InChI is InChI=1S/C12H24N2/c1-3-11-5-4-8-14(11)12(2,9-13)10-6-7-10/h10-11H,3-9,13H2,1-2H3. The van der Waals surface area contributed by atoms with Crippen molar-refractivity contribution >= 4 is 0 Å². The molecule has 82 valence electrons. The predicted molar refractivity (Wildman–Crippen MR) is 60.2 cm³/mol. The van der Waals surface area contributed by atoms with Crippen molar-refractivity contribution in [1.29, 1.82) is 0 Å². The smallest absolute Gasteiger partial charge is 0.0334 e. The molecule has 2 aliphatic rings. The van der Waals surface area contributed by atoms with Crippen molar-refractivity contribution < 1.29 is 0 Å². The fourth-order valence-electron chi connectivity index (χ4n) is 3.16. The van der Waals surface area contributed by atoms with Crippen LogP contribution in [0.5, 0.6) is 0 Å². The van der Waals surface area contributed by atoms with Gasteiger partial charge in [0, 0.05) is 18.1 Å². The van der Waals surface area contributed by atoms with Crippen LogP contribution in [0.4, 0.5) is 0 Å². The number of hydrogen-bond donors (Lipinski definition) is 1. The summed E-state index contributed by atoms with van der Waals surface area (Å²) in [5.41, 5.74) is 6.32. The molecular formula is C12H24N2. The molecule has 2 heteroatoms. The molecule has 0 bridgehead atoms. The first kappa shape index (κ1) is 10.4. The SMILES string of the molecule is CCC1CCCN1C(C)(CN)C1CC1. The second-order valence-electron chi connectivity index (χ2n) is 5.23. The van der Waals surface area contributed by atoms with Crippen LogP contribution in [0, 0.1) is 5.92 Å². The number of rotatable bonds is 4. The molecule has 2 N–H and O–H groups in total. The largest absolute Gasteiger partial charge is 0.329 e. The molecule has 2 fully saturated rings. The monoisotopic (exact) mass is 196 g/mol. The molecule has 0 aromatic rings. The Kier molecular flexibility index (Phi) is 2.85. The summed E-state index contributed by atoms with van der Waals surface area (Å²) < 4.78 is 0. The van der Waals surface area contributed by atoms with Crippen molar-refractivity contribution in [2.24, 2.45) is 11.7 Å². The summed E-state index contributed by atoms with van der Waals surface area (Å²) in [7, 11) is 0. The molecule has 14 heavy (non-hydrogen) atoms. The van der Waals surface area contributed by atoms with Gasteiger partial charge < -0.3 is 5.73 Å². The highest BCUT2D eigenvalue weighted by atomic mass is 15.3. The Morgan fingerprint density at radius 2 is 2.07 bits per heavy atom. The lowest BCUT2D eigenvalue weighted by molar-refractivity contribution is 0.0740. The van der Waals surface area contributed by atoms with Gasteiger partial charge in [-0.3, -0.25) is 4.90 Å². The minimum Gasteiger partial charge on any atom is -0.329 e. The summed E-state index contributed by atoms with van der Waals surface area (Å²) in [6.45, 7) is 6.82. The molecule has 1 saturated carbocycles. The molecule has 1 heterocycles. The van der Waals surface area contributed by atoms with Gasteiger partial charge in [-0.1, -0.05) is 6.92 Å². The third kappa shape index (κ3) is 1.59. The fraction of sp³-hybridized carbons (Fsp3) is 1.00. The van der Waals surface area contributed by atoms with Gasteiger partial charge in [0.1, 0.15) is 0 Å². The molecular weight excluding hydrogens is 172 g/mol. The number of hydrogen-bond acceptors (Lipinski definition) is 2. The van der Waals surface area contributed by atoms with E-state index < -0.39 is 0 Å². The van der Waals surface area contributed by atoms with Gasteiger partial charge >= 0.3 is 0 Å². The second kappa shape index (κ2) is 3.82. The zero-order valence-electron chi connectivity index (χ0n) is 9.63. The van der Waals surface area contributed by atoms with Crippen LogP contribution < -0.4 is 5.73 Å². The lowest BCUT2D eigenvalue weighted by Crippen LogP contribution is -2.55. The molecule has 1 aliphatic heterocycles. The van der Waals surface area contributed by atoms with Gasteiger partial charge in [-0.15, -0.1) is 0 Å². The maximum absolute atomic E-state index is 6.00. The highest BCUT2D eigenvalue weighted by Gasteiger charge is 2.47. The number of nitrogens with zero attached hydrogens (tertiary/aromatic N) is 1. The summed E-state index contributed by atoms with van der Waals surface area (Å²) in [5.74, 6) is 0.889. The average Bonchev–Trinajstić information content (AvgIpc) is 2.95. The lowest BCUT2D eigenvalue weighted by atomic mass is 9.92. The van der Waals surface area contributed by atoms with E-state index in [0.717, 1.165) is 18.5 Å². The van der Waals surface area contributed by atoms with Crippen molar-refractivity contribution in [3.8, 4) is 0 Å². The van der Waals surface area contributed by atoms with Crippen LogP contribution >= 0.6 is 0 Å². The first-order valence-corrected chi connectivity index (χ1v) is 6.19. The van der Waals surface area contributed by atoms with E-state index in [1.807, 2.05) is 0 Å². The van der Waals surface area contributed by atoms with Gasteiger partial charge in [0.15, 0.2) is 0 Å². The summed E-state index contributed by atoms with van der Waals surface area (Å²) >= 11 is 0. The first-order chi connectivity index (χ1) is 6.72. The van der Waals surface area contributed by atoms with Crippen molar-refractivity contribution in [2.75, 3.05) is 13.1 Å². The average molecular weight is 196 g/mol. The van der Waals surface area contributed by atoms with Crippen LogP contribution in [0.2, 0.25) is 0 Å². The second-order valence-corrected chi connectivity index (χ2v) is 5.23. The molecule has 1 saturated heterocycles. The van der Waals surface area contributed by atoms with Crippen molar-refractivity contribution in [2.45, 2.75) is 57.5 Å². The Morgan fingerprint density at radius 3 is 2.57 bits per heavy atom. The van der Waals surface area contributed by atoms with Crippen molar-refractivity contribution in [3.05, 3.63) is 0 Å².